The molecule has 1 aliphatic rings. The highest BCUT2D eigenvalue weighted by Gasteiger charge is 2.28. The molecule has 0 unspecified atom stereocenters. The molecule has 0 saturated heterocycles. The summed E-state index contributed by atoms with van der Waals surface area (Å²) in [5.41, 5.74) is -0.950. The summed E-state index contributed by atoms with van der Waals surface area (Å²) in [6.45, 7) is 0. The Labute approximate surface area is 98.7 Å². The van der Waals surface area contributed by atoms with Gasteiger partial charge in [0.25, 0.3) is 0 Å². The predicted molar refractivity (Wildman–Crippen MR) is 65.7 cm³/mol. The molecule has 0 aromatic carbocycles. The third kappa shape index (κ3) is 5.33. The fourth-order valence-corrected chi connectivity index (χ4v) is 3.49. The van der Waals surface area contributed by atoms with Crippen molar-refractivity contribution in [2.45, 2.75) is 56.5 Å². The zero-order valence-corrected chi connectivity index (χ0v) is 11.1. The van der Waals surface area contributed by atoms with Crippen molar-refractivity contribution in [3.8, 4) is 0 Å². The molecule has 0 atom stereocenters. The van der Waals surface area contributed by atoms with Crippen LogP contribution in [0.4, 0.5) is 0 Å². The SMILES string of the molecule is OP(O)C(NC1CCCCCCC1)P(O)O. The lowest BCUT2D eigenvalue weighted by molar-refractivity contribution is 0.369. The van der Waals surface area contributed by atoms with Crippen LogP contribution >= 0.6 is 16.8 Å². The van der Waals surface area contributed by atoms with E-state index in [-0.39, 0.29) is 6.04 Å². The third-order valence-corrected chi connectivity index (χ3v) is 5.34. The van der Waals surface area contributed by atoms with E-state index < -0.39 is 22.3 Å². The van der Waals surface area contributed by atoms with Gasteiger partial charge in [-0.2, -0.15) is 0 Å². The topological polar surface area (TPSA) is 93.0 Å². The van der Waals surface area contributed by atoms with Crippen molar-refractivity contribution in [1.82, 2.24) is 5.32 Å². The van der Waals surface area contributed by atoms with E-state index in [0.29, 0.717) is 0 Å². The molecule has 5 nitrogen and oxygen atoms in total. The smallest absolute Gasteiger partial charge is 0.193 e. The van der Waals surface area contributed by atoms with Gasteiger partial charge in [0.2, 0.25) is 0 Å². The van der Waals surface area contributed by atoms with E-state index in [2.05, 4.69) is 5.32 Å². The molecule has 1 fully saturated rings. The Bertz CT molecular complexity index is 178. The first kappa shape index (κ1) is 14.7. The van der Waals surface area contributed by atoms with E-state index in [0.717, 1.165) is 25.7 Å². The molecular formula is C9H21NO4P2. The van der Waals surface area contributed by atoms with Crippen LogP contribution in [0.25, 0.3) is 0 Å². The van der Waals surface area contributed by atoms with Crippen LogP contribution in [0, 0.1) is 0 Å². The molecule has 0 aliphatic heterocycles. The highest BCUT2D eigenvalue weighted by molar-refractivity contribution is 7.64. The Hall–Kier alpha value is 0.660. The number of rotatable bonds is 4. The molecule has 96 valence electrons. The zero-order valence-electron chi connectivity index (χ0n) is 9.29. The highest BCUT2D eigenvalue weighted by atomic mass is 31.2. The van der Waals surface area contributed by atoms with Gasteiger partial charge in [-0.05, 0) is 12.8 Å². The first-order valence-corrected chi connectivity index (χ1v) is 8.34. The van der Waals surface area contributed by atoms with Crippen LogP contribution in [0.5, 0.6) is 0 Å². The van der Waals surface area contributed by atoms with Gasteiger partial charge in [-0.15, -0.1) is 0 Å². The van der Waals surface area contributed by atoms with Crippen molar-refractivity contribution in [3.63, 3.8) is 0 Å². The summed E-state index contributed by atoms with van der Waals surface area (Å²) in [6, 6.07) is 0.180. The fourth-order valence-electron chi connectivity index (χ4n) is 2.06. The molecule has 0 heterocycles. The maximum atomic E-state index is 9.09. The Balaban J connectivity index is 2.41. The van der Waals surface area contributed by atoms with E-state index in [1.807, 2.05) is 0 Å². The average molecular weight is 269 g/mol. The van der Waals surface area contributed by atoms with Crippen LogP contribution in [0.2, 0.25) is 0 Å². The van der Waals surface area contributed by atoms with Crippen LogP contribution in [0.1, 0.15) is 44.9 Å². The number of hydrogen-bond donors (Lipinski definition) is 5. The summed E-state index contributed by atoms with van der Waals surface area (Å²) in [7, 11) is -4.65. The first-order chi connectivity index (χ1) is 7.61. The second-order valence-electron chi connectivity index (χ2n) is 4.22. The highest BCUT2D eigenvalue weighted by Crippen LogP contribution is 2.47. The van der Waals surface area contributed by atoms with E-state index >= 15 is 0 Å². The molecule has 1 rings (SSSR count). The minimum absolute atomic E-state index is 0.180. The van der Waals surface area contributed by atoms with Gasteiger partial charge >= 0.3 is 0 Å². The van der Waals surface area contributed by atoms with E-state index in [1.54, 1.807) is 0 Å². The van der Waals surface area contributed by atoms with Crippen molar-refractivity contribution >= 4 is 16.8 Å². The lowest BCUT2D eigenvalue weighted by Crippen LogP contribution is -2.36. The van der Waals surface area contributed by atoms with E-state index in [9.17, 15) is 0 Å². The Morgan fingerprint density at radius 1 is 0.812 bits per heavy atom. The van der Waals surface area contributed by atoms with Crippen LogP contribution in [-0.2, 0) is 0 Å². The summed E-state index contributed by atoms with van der Waals surface area (Å²) < 4.78 is 0. The molecule has 7 heteroatoms. The fraction of sp³-hybridized carbons (Fsp3) is 1.00. The quantitative estimate of drug-likeness (QED) is 0.499. The molecule has 0 aromatic heterocycles. The predicted octanol–water partition coefficient (Wildman–Crippen LogP) is 1.57. The molecule has 0 amide bonds. The molecular weight excluding hydrogens is 248 g/mol. The molecule has 0 radical (unpaired) electrons. The molecule has 1 aliphatic carbocycles. The van der Waals surface area contributed by atoms with Crippen molar-refractivity contribution in [1.29, 1.82) is 0 Å². The normalized spacial score (nSPS) is 20.4. The second kappa shape index (κ2) is 7.88. The lowest BCUT2D eigenvalue weighted by Gasteiger charge is -2.27. The number of hydrogen-bond acceptors (Lipinski definition) is 5. The van der Waals surface area contributed by atoms with Gasteiger partial charge in [-0.25, -0.2) is 0 Å². The Morgan fingerprint density at radius 3 is 1.69 bits per heavy atom. The minimum atomic E-state index is -2.33. The summed E-state index contributed by atoms with van der Waals surface area (Å²) in [5.74, 6) is 0. The van der Waals surface area contributed by atoms with Crippen LogP contribution in [0.3, 0.4) is 0 Å². The van der Waals surface area contributed by atoms with Gasteiger partial charge in [0, 0.05) is 6.04 Å². The molecule has 0 aromatic rings. The van der Waals surface area contributed by atoms with Crippen molar-refractivity contribution in [2.75, 3.05) is 0 Å². The van der Waals surface area contributed by atoms with Crippen molar-refractivity contribution < 1.29 is 19.6 Å². The molecule has 5 N–H and O–H groups in total. The standard InChI is InChI=1S/C9H21NO4P2/c11-15(12)9(16(13)14)10-8-6-4-2-1-3-5-7-8/h8-14H,1-7H2. The van der Waals surface area contributed by atoms with E-state index in [1.165, 1.54) is 19.3 Å². The van der Waals surface area contributed by atoms with E-state index in [4.69, 9.17) is 19.6 Å². The molecule has 0 bridgehead atoms. The van der Waals surface area contributed by atoms with Gasteiger partial charge in [-0.3, -0.25) is 5.32 Å². The van der Waals surface area contributed by atoms with Gasteiger partial charge in [-0.1, -0.05) is 32.1 Å². The summed E-state index contributed by atoms with van der Waals surface area (Å²) >= 11 is 0. The van der Waals surface area contributed by atoms with Crippen molar-refractivity contribution in [3.05, 3.63) is 0 Å². The number of nitrogens with one attached hydrogen (secondary N) is 1. The van der Waals surface area contributed by atoms with Gasteiger partial charge in [0.05, 0.1) is 0 Å². The average Bonchev–Trinajstić information content (AvgIpc) is 2.14. The van der Waals surface area contributed by atoms with Gasteiger partial charge < -0.3 is 19.6 Å². The zero-order chi connectivity index (χ0) is 12.0. The van der Waals surface area contributed by atoms with Crippen LogP contribution in [-0.4, -0.2) is 31.1 Å². The Kier molecular flexibility index (Phi) is 7.25. The van der Waals surface area contributed by atoms with Crippen LogP contribution < -0.4 is 5.32 Å². The minimum Gasteiger partial charge on any atom is -0.349 e. The maximum absolute atomic E-state index is 9.09. The molecule has 16 heavy (non-hydrogen) atoms. The monoisotopic (exact) mass is 269 g/mol. The summed E-state index contributed by atoms with van der Waals surface area (Å²) in [5, 5.41) is 2.98. The second-order valence-corrected chi connectivity index (χ2v) is 6.94. The first-order valence-electron chi connectivity index (χ1n) is 5.71. The summed E-state index contributed by atoms with van der Waals surface area (Å²) in [4.78, 5) is 36.4. The van der Waals surface area contributed by atoms with Gasteiger partial charge in [0.1, 0.15) is 5.52 Å². The van der Waals surface area contributed by atoms with Gasteiger partial charge in [0.15, 0.2) is 16.8 Å². The van der Waals surface area contributed by atoms with Crippen molar-refractivity contribution in [2.24, 2.45) is 0 Å². The lowest BCUT2D eigenvalue weighted by atomic mass is 9.97. The molecule has 0 spiro atoms. The molecule has 1 saturated carbocycles. The Morgan fingerprint density at radius 2 is 1.25 bits per heavy atom. The van der Waals surface area contributed by atoms with Crippen LogP contribution in [0.15, 0.2) is 0 Å². The largest absolute Gasteiger partial charge is 0.349 e. The summed E-state index contributed by atoms with van der Waals surface area (Å²) in [6.07, 6.45) is 7.88. The maximum Gasteiger partial charge on any atom is 0.193 e. The third-order valence-electron chi connectivity index (χ3n) is 2.93.